The van der Waals surface area contributed by atoms with Crippen LogP contribution in [0.4, 0.5) is 0 Å². The lowest BCUT2D eigenvalue weighted by Crippen LogP contribution is -1.67. The zero-order valence-electron chi connectivity index (χ0n) is 9.35. The van der Waals surface area contributed by atoms with Crippen LogP contribution in [0.5, 0.6) is 0 Å². The molecule has 0 spiro atoms. The minimum absolute atomic E-state index is 1.29. The van der Waals surface area contributed by atoms with Crippen molar-refractivity contribution in [1.82, 2.24) is 4.98 Å². The SMILES string of the molecule is Cc1cc[nH]c1.c1ccc2ccccc2c1. The van der Waals surface area contributed by atoms with Crippen molar-refractivity contribution in [2.75, 3.05) is 0 Å². The first-order valence-electron chi connectivity index (χ1n) is 5.39. The second kappa shape index (κ2) is 5.17. The highest BCUT2D eigenvalue weighted by Crippen LogP contribution is 2.11. The number of hydrogen-bond acceptors (Lipinski definition) is 0. The number of H-pyrrole nitrogens is 1. The van der Waals surface area contributed by atoms with Crippen molar-refractivity contribution < 1.29 is 0 Å². The topological polar surface area (TPSA) is 15.8 Å². The van der Waals surface area contributed by atoms with Crippen molar-refractivity contribution in [3.8, 4) is 0 Å². The van der Waals surface area contributed by atoms with Gasteiger partial charge in [-0.1, -0.05) is 48.5 Å². The minimum atomic E-state index is 1.29. The van der Waals surface area contributed by atoms with E-state index in [1.807, 2.05) is 18.5 Å². The maximum absolute atomic E-state index is 2.93. The number of nitrogens with one attached hydrogen (secondary N) is 1. The fourth-order valence-corrected chi connectivity index (χ4v) is 1.54. The summed E-state index contributed by atoms with van der Waals surface area (Å²) in [6.45, 7) is 2.05. The lowest BCUT2D eigenvalue weighted by atomic mass is 10.1. The molecule has 0 atom stereocenters. The Labute approximate surface area is 95.8 Å². The molecule has 0 aliphatic carbocycles. The van der Waals surface area contributed by atoms with Gasteiger partial charge in [0.05, 0.1) is 0 Å². The summed E-state index contributed by atoms with van der Waals surface area (Å²) < 4.78 is 0. The van der Waals surface area contributed by atoms with Crippen LogP contribution in [-0.4, -0.2) is 4.98 Å². The smallest absolute Gasteiger partial charge is 0.00345 e. The Kier molecular flexibility index (Phi) is 3.39. The summed E-state index contributed by atoms with van der Waals surface area (Å²) in [6, 6.07) is 18.7. The molecule has 0 saturated carbocycles. The Hall–Kier alpha value is -2.02. The summed E-state index contributed by atoms with van der Waals surface area (Å²) in [6.07, 6.45) is 3.87. The van der Waals surface area contributed by atoms with Gasteiger partial charge < -0.3 is 4.98 Å². The molecule has 0 unspecified atom stereocenters. The van der Waals surface area contributed by atoms with E-state index in [0.717, 1.165) is 0 Å². The Morgan fingerprint density at radius 2 is 1.25 bits per heavy atom. The van der Waals surface area contributed by atoms with E-state index in [-0.39, 0.29) is 0 Å². The number of benzene rings is 2. The van der Waals surface area contributed by atoms with Crippen LogP contribution in [0.3, 0.4) is 0 Å². The van der Waals surface area contributed by atoms with Crippen LogP contribution in [0.1, 0.15) is 5.56 Å². The molecular formula is C15H15N. The molecule has 0 fully saturated rings. The predicted molar refractivity (Wildman–Crippen MR) is 69.5 cm³/mol. The van der Waals surface area contributed by atoms with E-state index in [1.165, 1.54) is 16.3 Å². The first kappa shape index (κ1) is 10.5. The standard InChI is InChI=1S/C10H8.C5H7N/c1-2-6-10-8-4-3-7-9(10)5-1;1-5-2-3-6-4-5/h1-8H;2-4,6H,1H3. The normalized spacial score (nSPS) is 9.56. The van der Waals surface area contributed by atoms with Crippen molar-refractivity contribution in [3.63, 3.8) is 0 Å². The number of rotatable bonds is 0. The van der Waals surface area contributed by atoms with Crippen LogP contribution in [0.2, 0.25) is 0 Å². The molecular weight excluding hydrogens is 194 g/mol. The fourth-order valence-electron chi connectivity index (χ4n) is 1.54. The molecule has 1 nitrogen and oxygen atoms in total. The monoisotopic (exact) mass is 209 g/mol. The van der Waals surface area contributed by atoms with E-state index in [4.69, 9.17) is 0 Å². The summed E-state index contributed by atoms with van der Waals surface area (Å²) in [7, 11) is 0. The first-order valence-corrected chi connectivity index (χ1v) is 5.39. The summed E-state index contributed by atoms with van der Waals surface area (Å²) in [5.74, 6) is 0. The molecule has 0 bridgehead atoms. The van der Waals surface area contributed by atoms with Gasteiger partial charge in [0.1, 0.15) is 0 Å². The quantitative estimate of drug-likeness (QED) is 0.572. The van der Waals surface area contributed by atoms with E-state index in [1.54, 1.807) is 0 Å². The van der Waals surface area contributed by atoms with Crippen molar-refractivity contribution in [1.29, 1.82) is 0 Å². The highest BCUT2D eigenvalue weighted by Gasteiger charge is 1.85. The molecule has 16 heavy (non-hydrogen) atoms. The zero-order valence-corrected chi connectivity index (χ0v) is 9.35. The molecule has 0 aliphatic rings. The Morgan fingerprint density at radius 3 is 1.50 bits per heavy atom. The molecule has 1 heterocycles. The molecule has 2 aromatic carbocycles. The lowest BCUT2D eigenvalue weighted by molar-refractivity contribution is 1.39. The molecule has 1 heteroatoms. The molecule has 0 radical (unpaired) electrons. The van der Waals surface area contributed by atoms with E-state index < -0.39 is 0 Å². The molecule has 3 aromatic rings. The Bertz CT molecular complexity index is 473. The maximum Gasteiger partial charge on any atom is 0.00345 e. The van der Waals surface area contributed by atoms with Gasteiger partial charge in [0.15, 0.2) is 0 Å². The van der Waals surface area contributed by atoms with Gasteiger partial charge in [-0.3, -0.25) is 0 Å². The molecule has 0 aliphatic heterocycles. The molecule has 3 rings (SSSR count). The van der Waals surface area contributed by atoms with Crippen molar-refractivity contribution in [3.05, 3.63) is 72.6 Å². The van der Waals surface area contributed by atoms with Crippen molar-refractivity contribution >= 4 is 10.8 Å². The largest absolute Gasteiger partial charge is 0.367 e. The van der Waals surface area contributed by atoms with Gasteiger partial charge in [0, 0.05) is 12.4 Å². The van der Waals surface area contributed by atoms with E-state index in [0.29, 0.717) is 0 Å². The number of hydrogen-bond donors (Lipinski definition) is 1. The van der Waals surface area contributed by atoms with E-state index in [2.05, 4.69) is 60.4 Å². The molecule has 80 valence electrons. The van der Waals surface area contributed by atoms with Crippen LogP contribution in [-0.2, 0) is 0 Å². The second-order valence-electron chi connectivity index (χ2n) is 3.74. The summed E-state index contributed by atoms with van der Waals surface area (Å²) >= 11 is 0. The fraction of sp³-hybridized carbons (Fsp3) is 0.0667. The van der Waals surface area contributed by atoms with Gasteiger partial charge >= 0.3 is 0 Å². The van der Waals surface area contributed by atoms with Crippen LogP contribution in [0.25, 0.3) is 10.8 Å². The van der Waals surface area contributed by atoms with Gasteiger partial charge in [0.25, 0.3) is 0 Å². The Balaban J connectivity index is 0.000000138. The predicted octanol–water partition coefficient (Wildman–Crippen LogP) is 4.16. The summed E-state index contributed by atoms with van der Waals surface area (Å²) in [4.78, 5) is 2.93. The average molecular weight is 209 g/mol. The zero-order chi connectivity index (χ0) is 11.2. The summed E-state index contributed by atoms with van der Waals surface area (Å²) in [5, 5.41) is 2.62. The third kappa shape index (κ3) is 2.74. The highest BCUT2D eigenvalue weighted by molar-refractivity contribution is 5.81. The van der Waals surface area contributed by atoms with Crippen LogP contribution in [0, 0.1) is 6.92 Å². The third-order valence-electron chi connectivity index (χ3n) is 2.41. The van der Waals surface area contributed by atoms with Gasteiger partial charge in [-0.2, -0.15) is 0 Å². The minimum Gasteiger partial charge on any atom is -0.367 e. The second-order valence-corrected chi connectivity index (χ2v) is 3.74. The van der Waals surface area contributed by atoms with E-state index >= 15 is 0 Å². The van der Waals surface area contributed by atoms with Gasteiger partial charge in [0.2, 0.25) is 0 Å². The highest BCUT2D eigenvalue weighted by atomic mass is 14.6. The molecule has 1 N–H and O–H groups in total. The number of aromatic nitrogens is 1. The van der Waals surface area contributed by atoms with Crippen LogP contribution < -0.4 is 0 Å². The number of aromatic amines is 1. The molecule has 0 saturated heterocycles. The third-order valence-corrected chi connectivity index (χ3v) is 2.41. The van der Waals surface area contributed by atoms with Gasteiger partial charge in [-0.15, -0.1) is 0 Å². The van der Waals surface area contributed by atoms with Gasteiger partial charge in [-0.05, 0) is 29.3 Å². The summed E-state index contributed by atoms with van der Waals surface area (Å²) in [5.41, 5.74) is 1.29. The Morgan fingerprint density at radius 1 is 0.750 bits per heavy atom. The van der Waals surface area contributed by atoms with Crippen LogP contribution in [0.15, 0.2) is 67.0 Å². The average Bonchev–Trinajstić information content (AvgIpc) is 2.81. The lowest BCUT2D eigenvalue weighted by Gasteiger charge is -1.92. The number of fused-ring (bicyclic) bond motifs is 1. The van der Waals surface area contributed by atoms with Crippen molar-refractivity contribution in [2.45, 2.75) is 6.92 Å². The maximum atomic E-state index is 2.93. The number of aryl methyl sites for hydroxylation is 1. The van der Waals surface area contributed by atoms with Crippen molar-refractivity contribution in [2.24, 2.45) is 0 Å². The van der Waals surface area contributed by atoms with E-state index in [9.17, 15) is 0 Å². The molecule has 1 aromatic heterocycles. The molecule has 0 amide bonds. The van der Waals surface area contributed by atoms with Crippen LogP contribution >= 0.6 is 0 Å². The first-order chi connectivity index (χ1) is 7.86. The van der Waals surface area contributed by atoms with Gasteiger partial charge in [-0.25, -0.2) is 0 Å².